The second-order valence-corrected chi connectivity index (χ2v) is 8.69. The maximum Gasteiger partial charge on any atom is 0.410 e. The number of nitrogens with zero attached hydrogens (tertiary/aromatic N) is 5. The summed E-state index contributed by atoms with van der Waals surface area (Å²) in [4.78, 5) is 28.0. The summed E-state index contributed by atoms with van der Waals surface area (Å²) in [5.74, 6) is 0.724. The molecule has 2 bridgehead atoms. The number of carbonyl (C=O) groups is 2. The van der Waals surface area contributed by atoms with Crippen LogP contribution in [0.2, 0.25) is 0 Å². The third-order valence-electron chi connectivity index (χ3n) is 5.50. The molecule has 3 aliphatic heterocycles. The number of aromatic nitrogens is 2. The summed E-state index contributed by atoms with van der Waals surface area (Å²) in [5, 5.41) is 19.0. The number of likely N-dealkylation sites (tertiary alicyclic amines) is 1. The first-order valence-corrected chi connectivity index (χ1v) is 9.86. The topological polar surface area (TPSA) is 112 Å². The lowest BCUT2D eigenvalue weighted by molar-refractivity contribution is -0.0584. The Bertz CT molecular complexity index is 760. The normalized spacial score (nSPS) is 28.1. The van der Waals surface area contributed by atoms with Gasteiger partial charge in [0.25, 0.3) is 0 Å². The molecule has 10 nitrogen and oxygen atoms in total. The first-order valence-electron chi connectivity index (χ1n) is 9.86. The molecule has 3 aliphatic rings. The Morgan fingerprint density at radius 3 is 2.57 bits per heavy atom. The van der Waals surface area contributed by atoms with Crippen molar-refractivity contribution in [2.24, 2.45) is 0 Å². The number of hydroxylamine groups is 2. The third kappa shape index (κ3) is 3.41. The zero-order chi connectivity index (χ0) is 20.1. The van der Waals surface area contributed by atoms with E-state index in [0.717, 1.165) is 24.3 Å². The van der Waals surface area contributed by atoms with Crippen LogP contribution in [0.5, 0.6) is 0 Å². The van der Waals surface area contributed by atoms with Crippen LogP contribution in [0.3, 0.4) is 0 Å². The molecule has 0 aromatic carbocycles. The predicted molar refractivity (Wildman–Crippen MR) is 95.3 cm³/mol. The van der Waals surface area contributed by atoms with Gasteiger partial charge in [-0.15, -0.1) is 10.2 Å². The number of piperidine rings is 2. The fourth-order valence-corrected chi connectivity index (χ4v) is 4.15. The molecule has 1 aromatic rings. The average molecular weight is 393 g/mol. The molecule has 154 valence electrons. The average Bonchev–Trinajstić information content (AvgIpc) is 3.21. The molecule has 0 unspecified atom stereocenters. The largest absolute Gasteiger partial charge is 0.444 e. The maximum atomic E-state index is 12.6. The summed E-state index contributed by atoms with van der Waals surface area (Å²) >= 11 is 0. The van der Waals surface area contributed by atoms with Crippen LogP contribution in [0.1, 0.15) is 76.7 Å². The van der Waals surface area contributed by atoms with Crippen molar-refractivity contribution in [2.45, 2.75) is 76.6 Å². The van der Waals surface area contributed by atoms with Gasteiger partial charge in [-0.1, -0.05) is 0 Å². The molecule has 1 aromatic heterocycles. The van der Waals surface area contributed by atoms with Gasteiger partial charge in [0.15, 0.2) is 0 Å². The van der Waals surface area contributed by atoms with Gasteiger partial charge >= 0.3 is 12.1 Å². The van der Waals surface area contributed by atoms with E-state index in [1.54, 1.807) is 9.80 Å². The smallest absolute Gasteiger partial charge is 0.410 e. The van der Waals surface area contributed by atoms with Crippen molar-refractivity contribution in [3.63, 3.8) is 0 Å². The quantitative estimate of drug-likeness (QED) is 0.769. The first kappa shape index (κ1) is 19.0. The van der Waals surface area contributed by atoms with Crippen LogP contribution in [0.25, 0.3) is 0 Å². The van der Waals surface area contributed by atoms with Gasteiger partial charge in [0.05, 0.1) is 6.04 Å². The molecular formula is C18H27N5O5. The number of rotatable bonds is 2. The van der Waals surface area contributed by atoms with Crippen LogP contribution in [-0.2, 0) is 4.74 Å². The van der Waals surface area contributed by atoms with Crippen LogP contribution in [0.4, 0.5) is 9.59 Å². The first-order chi connectivity index (χ1) is 13.2. The van der Waals surface area contributed by atoms with Crippen LogP contribution in [-0.4, -0.2) is 67.1 Å². The number of fused-ring (bicyclic) bond motifs is 2. The van der Waals surface area contributed by atoms with Gasteiger partial charge in [-0.3, -0.25) is 10.1 Å². The van der Waals surface area contributed by atoms with Gasteiger partial charge in [0.1, 0.15) is 17.7 Å². The second kappa shape index (κ2) is 6.91. The van der Waals surface area contributed by atoms with E-state index in [9.17, 15) is 14.8 Å². The Hall–Kier alpha value is -2.36. The molecule has 3 amide bonds. The van der Waals surface area contributed by atoms with E-state index in [2.05, 4.69) is 10.2 Å². The molecule has 1 N–H and O–H groups in total. The van der Waals surface area contributed by atoms with Crippen molar-refractivity contribution < 1.29 is 24.0 Å². The minimum atomic E-state index is -0.579. The van der Waals surface area contributed by atoms with E-state index in [0.29, 0.717) is 37.7 Å². The third-order valence-corrected chi connectivity index (χ3v) is 5.50. The molecule has 0 aliphatic carbocycles. The Labute approximate surface area is 163 Å². The van der Waals surface area contributed by atoms with Gasteiger partial charge < -0.3 is 14.1 Å². The minimum Gasteiger partial charge on any atom is -0.444 e. The monoisotopic (exact) mass is 393 g/mol. The number of amides is 3. The molecule has 28 heavy (non-hydrogen) atoms. The molecule has 0 saturated carbocycles. The van der Waals surface area contributed by atoms with E-state index in [4.69, 9.17) is 9.15 Å². The Morgan fingerprint density at radius 2 is 1.86 bits per heavy atom. The molecule has 4 rings (SSSR count). The highest BCUT2D eigenvalue weighted by Gasteiger charge is 2.47. The highest BCUT2D eigenvalue weighted by atomic mass is 16.6. The highest BCUT2D eigenvalue weighted by Crippen LogP contribution is 2.38. The second-order valence-electron chi connectivity index (χ2n) is 8.69. The van der Waals surface area contributed by atoms with Crippen LogP contribution < -0.4 is 0 Å². The fraction of sp³-hybridized carbons (Fsp3) is 0.778. The van der Waals surface area contributed by atoms with E-state index in [1.165, 1.54) is 0 Å². The lowest BCUT2D eigenvalue weighted by atomic mass is 10.0. The molecule has 3 fully saturated rings. The van der Waals surface area contributed by atoms with Crippen LogP contribution in [0.15, 0.2) is 4.42 Å². The van der Waals surface area contributed by atoms with E-state index in [-0.39, 0.29) is 24.2 Å². The van der Waals surface area contributed by atoms with E-state index < -0.39 is 11.6 Å². The van der Waals surface area contributed by atoms with Crippen molar-refractivity contribution in [3.8, 4) is 0 Å². The summed E-state index contributed by atoms with van der Waals surface area (Å²) in [7, 11) is 0. The molecule has 0 radical (unpaired) electrons. The number of ether oxygens (including phenoxy) is 1. The summed E-state index contributed by atoms with van der Waals surface area (Å²) in [6.07, 6.45) is 3.51. The minimum absolute atomic E-state index is 0.174. The molecule has 3 saturated heterocycles. The zero-order valence-corrected chi connectivity index (χ0v) is 16.5. The van der Waals surface area contributed by atoms with Crippen molar-refractivity contribution >= 4 is 12.1 Å². The van der Waals surface area contributed by atoms with Crippen molar-refractivity contribution in [2.75, 3.05) is 13.1 Å². The zero-order valence-electron chi connectivity index (χ0n) is 16.5. The van der Waals surface area contributed by atoms with Crippen molar-refractivity contribution in [3.05, 3.63) is 11.8 Å². The lowest BCUT2D eigenvalue weighted by Gasteiger charge is -2.34. The number of carbonyl (C=O) groups excluding carboxylic acids is 2. The summed E-state index contributed by atoms with van der Waals surface area (Å²) in [6.45, 7) is 6.53. The Morgan fingerprint density at radius 1 is 1.14 bits per heavy atom. The molecule has 10 heteroatoms. The number of hydrogen-bond acceptors (Lipinski definition) is 7. The van der Waals surface area contributed by atoms with Gasteiger partial charge in [-0.2, -0.15) is 0 Å². The molecule has 3 atom stereocenters. The van der Waals surface area contributed by atoms with Gasteiger partial charge in [0.2, 0.25) is 11.8 Å². The van der Waals surface area contributed by atoms with Crippen LogP contribution in [0, 0.1) is 0 Å². The number of hydrogen-bond donors (Lipinski definition) is 1. The predicted octanol–water partition coefficient (Wildman–Crippen LogP) is 2.86. The highest BCUT2D eigenvalue weighted by molar-refractivity contribution is 5.76. The maximum absolute atomic E-state index is 12.6. The Balaban J connectivity index is 1.52. The number of urea groups is 1. The molecule has 4 heterocycles. The molecule has 0 spiro atoms. The van der Waals surface area contributed by atoms with E-state index in [1.807, 2.05) is 20.8 Å². The summed E-state index contributed by atoms with van der Waals surface area (Å²) < 4.78 is 11.5. The van der Waals surface area contributed by atoms with Gasteiger partial charge in [-0.05, 0) is 52.9 Å². The van der Waals surface area contributed by atoms with Crippen LogP contribution >= 0.6 is 0 Å². The van der Waals surface area contributed by atoms with Gasteiger partial charge in [-0.25, -0.2) is 14.7 Å². The standard InChI is InChI=1S/C18H27N5O5/c1-18(2,3)28-17(25)21-9-5-4-6-12(21)14-19-20-15(27-14)13-8-7-11-10-22(13)16(24)23(11)26/h11-13,26H,4-10H2,1-3H3/t11-,12+,13+/m1/s1. The summed E-state index contributed by atoms with van der Waals surface area (Å²) in [5.41, 5.74) is -0.579. The van der Waals surface area contributed by atoms with Crippen molar-refractivity contribution in [1.82, 2.24) is 25.1 Å². The van der Waals surface area contributed by atoms with E-state index >= 15 is 0 Å². The Kier molecular flexibility index (Phi) is 4.68. The SMILES string of the molecule is CC(C)(C)OC(=O)N1CCCC[C@H]1c1nnc([C@@H]2CC[C@@H]3CN2C(=O)N3O)o1. The molecular weight excluding hydrogens is 366 g/mol. The van der Waals surface area contributed by atoms with Crippen molar-refractivity contribution in [1.29, 1.82) is 0 Å². The fourth-order valence-electron chi connectivity index (χ4n) is 4.15. The lowest BCUT2D eigenvalue weighted by Crippen LogP contribution is -2.42. The summed E-state index contributed by atoms with van der Waals surface area (Å²) in [6, 6.07) is -1.28. The van der Waals surface area contributed by atoms with Gasteiger partial charge in [0, 0.05) is 13.1 Å².